The molecule has 164 valence electrons. The Morgan fingerprint density at radius 3 is 1.16 bits per heavy atom. The van der Waals surface area contributed by atoms with Crippen LogP contribution < -0.4 is 0 Å². The molecule has 0 amide bonds. The highest BCUT2D eigenvalue weighted by atomic mass is 79.9. The fourth-order valence-corrected chi connectivity index (χ4v) is 7.37. The van der Waals surface area contributed by atoms with Crippen molar-refractivity contribution in [1.82, 2.24) is 0 Å². The van der Waals surface area contributed by atoms with Crippen molar-refractivity contribution in [2.45, 2.75) is 64.9 Å². The first-order valence-electron chi connectivity index (χ1n) is 9.94. The van der Waals surface area contributed by atoms with Gasteiger partial charge in [0.05, 0.1) is 11.1 Å². The highest BCUT2D eigenvalue weighted by Gasteiger charge is 2.47. The Bertz CT molecular complexity index is 1000. The molecule has 31 heavy (non-hydrogen) atoms. The summed E-state index contributed by atoms with van der Waals surface area (Å²) in [6.45, 7) is 16.2. The molecule has 0 fully saturated rings. The third-order valence-electron chi connectivity index (χ3n) is 5.32. The van der Waals surface area contributed by atoms with Gasteiger partial charge in [-0.25, -0.2) is 0 Å². The van der Waals surface area contributed by atoms with Crippen LogP contribution in [0.25, 0.3) is 11.1 Å². The molecule has 0 saturated heterocycles. The van der Waals surface area contributed by atoms with E-state index in [1.165, 1.54) is 0 Å². The van der Waals surface area contributed by atoms with Crippen LogP contribution >= 0.6 is 43.6 Å². The van der Waals surface area contributed by atoms with Gasteiger partial charge in [-0.1, -0.05) is 31.9 Å². The summed E-state index contributed by atoms with van der Waals surface area (Å²) in [5, 5.41) is 0. The van der Waals surface area contributed by atoms with Gasteiger partial charge in [0.1, 0.15) is 9.49 Å². The molecule has 0 saturated carbocycles. The minimum Gasteiger partial charge on any atom is -0.361 e. The normalized spacial score (nSPS) is 11.7. The van der Waals surface area contributed by atoms with Crippen molar-refractivity contribution in [3.8, 4) is 0 Å². The van der Waals surface area contributed by atoms with E-state index in [9.17, 15) is 11.1 Å². The molecule has 7 heteroatoms. The summed E-state index contributed by atoms with van der Waals surface area (Å²) in [7, 11) is 0. The van der Waals surface area contributed by atoms with E-state index >= 15 is 0 Å². The van der Waals surface area contributed by atoms with Crippen LogP contribution in [-0.2, 0) is 0 Å². The molecule has 0 radical (unpaired) electrons. The summed E-state index contributed by atoms with van der Waals surface area (Å²) in [6.07, 6.45) is 0. The molecule has 0 bridgehead atoms. The predicted octanol–water partition coefficient (Wildman–Crippen LogP) is 7.47. The van der Waals surface area contributed by atoms with Crippen LogP contribution in [-0.4, -0.2) is 30.5 Å². The smallest absolute Gasteiger partial charge is 0.315 e. The Balaban J connectivity index is 2.56. The summed E-state index contributed by atoms with van der Waals surface area (Å²) in [4.78, 5) is 7.48. The van der Waals surface area contributed by atoms with E-state index in [-0.39, 0.29) is 0 Å². The van der Waals surface area contributed by atoms with E-state index < -0.39 is 9.49 Å². The summed E-state index contributed by atoms with van der Waals surface area (Å²) in [5.74, 6) is 0. The van der Waals surface area contributed by atoms with Crippen LogP contribution in [0.2, 0.25) is 0 Å². The van der Waals surface area contributed by atoms with Crippen LogP contribution in [0.15, 0.2) is 33.2 Å². The molecular formula is C24H28Br2N4S. The predicted molar refractivity (Wildman–Crippen MR) is 138 cm³/mol. The van der Waals surface area contributed by atoms with E-state index in [2.05, 4.69) is 41.4 Å². The van der Waals surface area contributed by atoms with Crippen LogP contribution in [0.4, 0.5) is 0 Å². The third kappa shape index (κ3) is 5.47. The Labute approximate surface area is 206 Å². The van der Waals surface area contributed by atoms with Crippen LogP contribution in [0.5, 0.6) is 0 Å². The van der Waals surface area contributed by atoms with Crippen molar-refractivity contribution in [1.29, 1.82) is 0 Å². The molecule has 0 unspecified atom stereocenters. The van der Waals surface area contributed by atoms with Gasteiger partial charge in [-0.2, -0.15) is 9.58 Å². The molecule has 4 nitrogen and oxygen atoms in total. The maximum atomic E-state index is 10.0. The standard InChI is InChI=1S/C24H28Br2N4S/c1-13-9-17(25)10-14(2)19(13)21(29-27)23(5,6)31-24(7,8)22(30-28)20-15(3)11-18(26)12-16(20)4/h9-12H,1-8H3. The molecule has 2 aromatic carbocycles. The first-order chi connectivity index (χ1) is 14.2. The Kier molecular flexibility index (Phi) is 7.95. The first kappa shape index (κ1) is 25.8. The monoisotopic (exact) mass is 562 g/mol. The van der Waals surface area contributed by atoms with E-state index in [1.807, 2.05) is 79.7 Å². The molecule has 0 aliphatic rings. The number of rotatable bonds is 6. The van der Waals surface area contributed by atoms with Gasteiger partial charge in [0, 0.05) is 8.95 Å². The molecule has 0 heterocycles. The van der Waals surface area contributed by atoms with E-state index in [1.54, 1.807) is 11.8 Å². The van der Waals surface area contributed by atoms with Gasteiger partial charge in [-0.05, 0) is 102 Å². The molecule has 0 spiro atoms. The number of halogens is 2. The highest BCUT2D eigenvalue weighted by molar-refractivity contribution is 9.10. The average Bonchev–Trinajstić information content (AvgIpc) is 2.59. The molecule has 0 aliphatic heterocycles. The molecular weight excluding hydrogens is 536 g/mol. The zero-order valence-electron chi connectivity index (χ0n) is 19.3. The van der Waals surface area contributed by atoms with E-state index in [4.69, 9.17) is 0 Å². The maximum Gasteiger partial charge on any atom is 0.315 e. The van der Waals surface area contributed by atoms with Gasteiger partial charge in [0.2, 0.25) is 0 Å². The second-order valence-corrected chi connectivity index (χ2v) is 12.9. The van der Waals surface area contributed by atoms with Crippen LogP contribution in [0.3, 0.4) is 0 Å². The van der Waals surface area contributed by atoms with Crippen molar-refractivity contribution in [2.24, 2.45) is 0 Å². The lowest BCUT2D eigenvalue weighted by Crippen LogP contribution is -2.41. The fraction of sp³-hybridized carbons (Fsp3) is 0.417. The molecule has 2 rings (SSSR count). The lowest BCUT2D eigenvalue weighted by molar-refractivity contribution is -0.00950. The lowest BCUT2D eigenvalue weighted by Gasteiger charge is -2.30. The number of thioether (sulfide) groups is 1. The SMILES string of the molecule is Cc1cc(Br)cc(C)c1C(=[N+]=[N-])C(C)(C)SC(C)(C)C(=[N+]=[N-])c1c(C)cc(Br)cc1C. The van der Waals surface area contributed by atoms with Gasteiger partial charge in [-0.15, -0.1) is 11.8 Å². The van der Waals surface area contributed by atoms with Crippen molar-refractivity contribution < 1.29 is 9.58 Å². The molecule has 0 atom stereocenters. The van der Waals surface area contributed by atoms with Gasteiger partial charge in [0.25, 0.3) is 0 Å². The summed E-state index contributed by atoms with van der Waals surface area (Å²) in [6, 6.07) is 8.09. The second kappa shape index (κ2) is 9.56. The molecule has 0 N–H and O–H groups in total. The largest absolute Gasteiger partial charge is 0.361 e. The molecule has 0 aliphatic carbocycles. The number of hydrogen-bond donors (Lipinski definition) is 0. The minimum atomic E-state index is -0.575. The van der Waals surface area contributed by atoms with Crippen molar-refractivity contribution in [2.75, 3.05) is 0 Å². The lowest BCUT2D eigenvalue weighted by atomic mass is 9.91. The maximum absolute atomic E-state index is 10.0. The second-order valence-electron chi connectivity index (χ2n) is 8.85. The molecule has 0 aromatic heterocycles. The number of benzene rings is 2. The quantitative estimate of drug-likeness (QED) is 0.204. The minimum absolute atomic E-state index is 0.575. The number of hydrogen-bond acceptors (Lipinski definition) is 1. The summed E-state index contributed by atoms with van der Waals surface area (Å²) >= 11 is 8.67. The number of aryl methyl sites for hydroxylation is 4. The topological polar surface area (TPSA) is 72.8 Å². The van der Waals surface area contributed by atoms with E-state index in [0.29, 0.717) is 11.4 Å². The number of nitrogens with zero attached hydrogens (tertiary/aromatic N) is 4. The Morgan fingerprint density at radius 1 is 0.677 bits per heavy atom. The zero-order chi connectivity index (χ0) is 23.7. The van der Waals surface area contributed by atoms with Crippen LogP contribution in [0, 0.1) is 27.7 Å². The summed E-state index contributed by atoms with van der Waals surface area (Å²) < 4.78 is 0.833. The summed E-state index contributed by atoms with van der Waals surface area (Å²) in [5.41, 5.74) is 27.2. The van der Waals surface area contributed by atoms with Crippen molar-refractivity contribution in [3.63, 3.8) is 0 Å². The Hall–Kier alpha value is -1.49. The van der Waals surface area contributed by atoms with E-state index in [0.717, 1.165) is 42.3 Å². The average molecular weight is 564 g/mol. The first-order valence-corrected chi connectivity index (χ1v) is 12.3. The molecule has 2 aromatic rings. The van der Waals surface area contributed by atoms with Crippen molar-refractivity contribution in [3.05, 3.63) is 77.7 Å². The Morgan fingerprint density at radius 2 is 0.935 bits per heavy atom. The van der Waals surface area contributed by atoms with Gasteiger partial charge in [0.15, 0.2) is 0 Å². The van der Waals surface area contributed by atoms with Gasteiger partial charge in [-0.3, -0.25) is 0 Å². The third-order valence-corrected chi connectivity index (χ3v) is 7.64. The fourth-order valence-electron chi connectivity index (χ4n) is 4.25. The van der Waals surface area contributed by atoms with Crippen LogP contribution in [0.1, 0.15) is 61.1 Å². The van der Waals surface area contributed by atoms with Crippen molar-refractivity contribution >= 4 is 55.0 Å². The zero-order valence-corrected chi connectivity index (χ0v) is 23.3. The van der Waals surface area contributed by atoms with Gasteiger partial charge >= 0.3 is 11.4 Å². The highest BCUT2D eigenvalue weighted by Crippen LogP contribution is 2.42. The van der Waals surface area contributed by atoms with Gasteiger partial charge < -0.3 is 11.1 Å².